The Morgan fingerprint density at radius 1 is 1.47 bits per heavy atom. The molecule has 1 aliphatic rings. The van der Waals surface area contributed by atoms with E-state index in [4.69, 9.17) is 10.5 Å². The van der Waals surface area contributed by atoms with E-state index in [2.05, 4.69) is 22.4 Å². The van der Waals surface area contributed by atoms with Gasteiger partial charge in [-0.3, -0.25) is 0 Å². The Balaban J connectivity index is 1.94. The number of nitrogens with zero attached hydrogens (tertiary/aromatic N) is 4. The fourth-order valence-electron chi connectivity index (χ4n) is 2.22. The third kappa shape index (κ3) is 2.14. The number of hydrogen-bond acceptors (Lipinski definition) is 5. The van der Waals surface area contributed by atoms with Gasteiger partial charge in [0.25, 0.3) is 0 Å². The van der Waals surface area contributed by atoms with Gasteiger partial charge in [-0.2, -0.15) is 0 Å². The molecule has 0 aliphatic heterocycles. The summed E-state index contributed by atoms with van der Waals surface area (Å²) in [6.45, 7) is 4.73. The Kier molecular flexibility index (Phi) is 2.85. The van der Waals surface area contributed by atoms with Crippen LogP contribution in [0.2, 0.25) is 0 Å². The summed E-state index contributed by atoms with van der Waals surface area (Å²) in [6.07, 6.45) is 1.13. The maximum Gasteiger partial charge on any atom is 0.182 e. The molecule has 2 N–H and O–H groups in total. The fourth-order valence-corrected chi connectivity index (χ4v) is 2.22. The van der Waals surface area contributed by atoms with E-state index in [-0.39, 0.29) is 0 Å². The van der Waals surface area contributed by atoms with Crippen molar-refractivity contribution in [1.82, 2.24) is 20.2 Å². The topological polar surface area (TPSA) is 78.9 Å². The van der Waals surface area contributed by atoms with Gasteiger partial charge < -0.3 is 10.5 Å². The number of aromatic nitrogens is 4. The van der Waals surface area contributed by atoms with Crippen LogP contribution >= 0.6 is 0 Å². The van der Waals surface area contributed by atoms with E-state index in [1.54, 1.807) is 0 Å². The minimum atomic E-state index is 0.415. The molecule has 3 rings (SSSR count). The Bertz CT molecular complexity index is 594. The van der Waals surface area contributed by atoms with Crippen LogP contribution in [0.15, 0.2) is 18.2 Å². The summed E-state index contributed by atoms with van der Waals surface area (Å²) in [7, 11) is 0. The SMILES string of the molecule is CCOc1ccc(-c2nnnn2C2CC2C)cc1N. The Morgan fingerprint density at radius 2 is 2.26 bits per heavy atom. The van der Waals surface area contributed by atoms with E-state index in [0.29, 0.717) is 30.0 Å². The zero-order valence-corrected chi connectivity index (χ0v) is 11.1. The van der Waals surface area contributed by atoms with E-state index in [0.717, 1.165) is 17.8 Å². The van der Waals surface area contributed by atoms with Crippen LogP contribution < -0.4 is 10.5 Å². The van der Waals surface area contributed by atoms with Crippen molar-refractivity contribution >= 4 is 5.69 Å². The Hall–Kier alpha value is -2.11. The summed E-state index contributed by atoms with van der Waals surface area (Å²) < 4.78 is 7.32. The first kappa shape index (κ1) is 12.0. The number of tetrazole rings is 1. The predicted molar refractivity (Wildman–Crippen MR) is 71.7 cm³/mol. The van der Waals surface area contributed by atoms with Crippen LogP contribution in [0.25, 0.3) is 11.4 Å². The van der Waals surface area contributed by atoms with E-state index in [1.165, 1.54) is 0 Å². The lowest BCUT2D eigenvalue weighted by molar-refractivity contribution is 0.342. The van der Waals surface area contributed by atoms with Gasteiger partial charge in [-0.05, 0) is 47.9 Å². The maximum absolute atomic E-state index is 5.98. The molecule has 1 aromatic heterocycles. The van der Waals surface area contributed by atoms with Gasteiger partial charge in [0.2, 0.25) is 0 Å². The number of ether oxygens (including phenoxy) is 1. The van der Waals surface area contributed by atoms with Crippen LogP contribution in [-0.2, 0) is 0 Å². The standard InChI is InChI=1S/C13H17N5O/c1-3-19-12-5-4-9(7-10(12)14)13-15-16-17-18(13)11-6-8(11)2/h4-5,7-8,11H,3,6,14H2,1-2H3. The molecule has 2 atom stereocenters. The summed E-state index contributed by atoms with van der Waals surface area (Å²) in [5.41, 5.74) is 7.51. The zero-order valence-electron chi connectivity index (χ0n) is 11.1. The van der Waals surface area contributed by atoms with Gasteiger partial charge in [-0.1, -0.05) is 6.92 Å². The molecule has 1 heterocycles. The van der Waals surface area contributed by atoms with E-state index in [1.807, 2.05) is 29.8 Å². The number of hydrogen-bond donors (Lipinski definition) is 1. The fraction of sp³-hybridized carbons (Fsp3) is 0.462. The first-order valence-electron chi connectivity index (χ1n) is 6.51. The van der Waals surface area contributed by atoms with Gasteiger partial charge in [0.15, 0.2) is 5.82 Å². The highest BCUT2D eigenvalue weighted by Gasteiger charge is 2.37. The molecule has 6 heteroatoms. The molecule has 1 aliphatic carbocycles. The Morgan fingerprint density at radius 3 is 2.89 bits per heavy atom. The number of benzene rings is 1. The summed E-state index contributed by atoms with van der Waals surface area (Å²) >= 11 is 0. The highest BCUT2D eigenvalue weighted by atomic mass is 16.5. The zero-order chi connectivity index (χ0) is 13.4. The highest BCUT2D eigenvalue weighted by Crippen LogP contribution is 2.43. The first-order valence-corrected chi connectivity index (χ1v) is 6.51. The number of rotatable bonds is 4. The second-order valence-electron chi connectivity index (χ2n) is 4.91. The van der Waals surface area contributed by atoms with Crippen LogP contribution in [0.3, 0.4) is 0 Å². The van der Waals surface area contributed by atoms with Gasteiger partial charge in [-0.15, -0.1) is 5.10 Å². The highest BCUT2D eigenvalue weighted by molar-refractivity contribution is 5.66. The summed E-state index contributed by atoms with van der Waals surface area (Å²) in [4.78, 5) is 0. The average Bonchev–Trinajstić information content (AvgIpc) is 2.92. The van der Waals surface area contributed by atoms with Gasteiger partial charge >= 0.3 is 0 Å². The summed E-state index contributed by atoms with van der Waals surface area (Å²) in [5.74, 6) is 2.11. The molecule has 0 spiro atoms. The summed E-state index contributed by atoms with van der Waals surface area (Å²) in [5, 5.41) is 12.0. The molecular weight excluding hydrogens is 242 g/mol. The third-order valence-electron chi connectivity index (χ3n) is 3.44. The second-order valence-corrected chi connectivity index (χ2v) is 4.91. The molecular formula is C13H17N5O. The van der Waals surface area contributed by atoms with Crippen molar-refractivity contribution in [3.8, 4) is 17.1 Å². The van der Waals surface area contributed by atoms with E-state index in [9.17, 15) is 0 Å². The van der Waals surface area contributed by atoms with Gasteiger partial charge in [0.1, 0.15) is 5.75 Å². The van der Waals surface area contributed by atoms with Crippen molar-refractivity contribution in [2.45, 2.75) is 26.3 Å². The molecule has 0 bridgehead atoms. The molecule has 2 aromatic rings. The number of nitrogen functional groups attached to an aromatic ring is 1. The molecule has 0 amide bonds. The van der Waals surface area contributed by atoms with Crippen molar-refractivity contribution < 1.29 is 4.74 Å². The minimum absolute atomic E-state index is 0.415. The van der Waals surface area contributed by atoms with Crippen LogP contribution in [0.4, 0.5) is 5.69 Å². The largest absolute Gasteiger partial charge is 0.492 e. The van der Waals surface area contributed by atoms with Crippen LogP contribution in [-0.4, -0.2) is 26.8 Å². The second kappa shape index (κ2) is 4.53. The van der Waals surface area contributed by atoms with Crippen LogP contribution in [0.5, 0.6) is 5.75 Å². The van der Waals surface area contributed by atoms with E-state index >= 15 is 0 Å². The molecule has 2 unspecified atom stereocenters. The van der Waals surface area contributed by atoms with Crippen molar-refractivity contribution in [3.05, 3.63) is 18.2 Å². The smallest absolute Gasteiger partial charge is 0.182 e. The molecule has 0 saturated heterocycles. The van der Waals surface area contributed by atoms with Gasteiger partial charge in [0, 0.05) is 5.56 Å². The molecule has 1 fully saturated rings. The number of anilines is 1. The lowest BCUT2D eigenvalue weighted by atomic mass is 10.1. The molecule has 0 radical (unpaired) electrons. The van der Waals surface area contributed by atoms with Crippen molar-refractivity contribution in [1.29, 1.82) is 0 Å². The van der Waals surface area contributed by atoms with Crippen LogP contribution in [0, 0.1) is 5.92 Å². The lowest BCUT2D eigenvalue weighted by Crippen LogP contribution is -2.02. The van der Waals surface area contributed by atoms with Gasteiger partial charge in [0.05, 0.1) is 18.3 Å². The normalized spacial score (nSPS) is 21.4. The quantitative estimate of drug-likeness (QED) is 0.848. The van der Waals surface area contributed by atoms with Crippen molar-refractivity contribution in [2.75, 3.05) is 12.3 Å². The molecule has 1 aromatic carbocycles. The Labute approximate surface area is 111 Å². The van der Waals surface area contributed by atoms with E-state index < -0.39 is 0 Å². The monoisotopic (exact) mass is 259 g/mol. The number of nitrogens with two attached hydrogens (primary N) is 1. The van der Waals surface area contributed by atoms with Crippen molar-refractivity contribution in [3.63, 3.8) is 0 Å². The van der Waals surface area contributed by atoms with Gasteiger partial charge in [-0.25, -0.2) is 4.68 Å². The summed E-state index contributed by atoms with van der Waals surface area (Å²) in [6, 6.07) is 6.08. The average molecular weight is 259 g/mol. The maximum atomic E-state index is 5.98. The molecule has 6 nitrogen and oxygen atoms in total. The third-order valence-corrected chi connectivity index (χ3v) is 3.44. The molecule has 1 saturated carbocycles. The minimum Gasteiger partial charge on any atom is -0.492 e. The molecule has 100 valence electrons. The predicted octanol–water partition coefficient (Wildman–Crippen LogP) is 1.90. The van der Waals surface area contributed by atoms with Crippen LogP contribution in [0.1, 0.15) is 26.3 Å². The molecule has 19 heavy (non-hydrogen) atoms. The van der Waals surface area contributed by atoms with Crippen molar-refractivity contribution in [2.24, 2.45) is 5.92 Å². The lowest BCUT2D eigenvalue weighted by Gasteiger charge is -2.08. The first-order chi connectivity index (χ1) is 9.20.